The highest BCUT2D eigenvalue weighted by Gasteiger charge is 2.35. The van der Waals surface area contributed by atoms with Crippen molar-refractivity contribution in [3.63, 3.8) is 0 Å². The van der Waals surface area contributed by atoms with Crippen molar-refractivity contribution in [3.8, 4) is 0 Å². The predicted molar refractivity (Wildman–Crippen MR) is 227 cm³/mol. The number of benzene rings is 2. The maximum atomic E-state index is 14.4. The second kappa shape index (κ2) is 21.7. The van der Waals surface area contributed by atoms with Crippen molar-refractivity contribution in [2.24, 2.45) is 17.8 Å². The average Bonchev–Trinajstić information content (AvgIpc) is 3.12. The number of hydrogen-bond donors (Lipinski definition) is 2. The van der Waals surface area contributed by atoms with Gasteiger partial charge in [-0.15, -0.1) is 0 Å². The van der Waals surface area contributed by atoms with Crippen LogP contribution in [0.15, 0.2) is 78.2 Å². The molecule has 0 saturated heterocycles. The maximum Gasteiger partial charge on any atom is 0.308 e. The van der Waals surface area contributed by atoms with E-state index in [0.717, 1.165) is 22.6 Å². The summed E-state index contributed by atoms with van der Waals surface area (Å²) in [6.07, 6.45) is 0.299. The first kappa shape index (κ1) is 48.9. The summed E-state index contributed by atoms with van der Waals surface area (Å²) < 4.78 is 40.3. The second-order valence-electron chi connectivity index (χ2n) is 17.2. The number of rotatable bonds is 20. The zero-order valence-corrected chi connectivity index (χ0v) is 36.8. The minimum atomic E-state index is -3.64. The Bertz CT molecular complexity index is 2120. The Morgan fingerprint density at radius 1 is 0.717 bits per heavy atom. The maximum absolute atomic E-state index is 14.4. The van der Waals surface area contributed by atoms with Crippen molar-refractivity contribution >= 4 is 56.2 Å². The fraction of sp³-hybridized carbons (Fsp3) is 0.489. The van der Waals surface area contributed by atoms with E-state index in [1.54, 1.807) is 91.8 Å². The van der Waals surface area contributed by atoms with Crippen LogP contribution in [0.2, 0.25) is 0 Å². The van der Waals surface area contributed by atoms with Crippen molar-refractivity contribution < 1.29 is 51.4 Å². The number of sulfone groups is 1. The minimum Gasteiger partial charge on any atom is -0.461 e. The lowest BCUT2D eigenvalue weighted by molar-refractivity contribution is -0.159. The van der Waals surface area contributed by atoms with Gasteiger partial charge in [-0.3, -0.25) is 33.8 Å². The number of carbonyl (C=O) groups is 6. The summed E-state index contributed by atoms with van der Waals surface area (Å²) in [5, 5.41) is 7.18. The Hall–Kier alpha value is -5.44. The molecular weight excluding hydrogens is 791 g/mol. The molecule has 2 amide bonds. The van der Waals surface area contributed by atoms with Crippen LogP contribution in [0.1, 0.15) is 92.3 Å². The van der Waals surface area contributed by atoms with Crippen LogP contribution in [0.3, 0.4) is 0 Å². The molecule has 0 aliphatic rings. The second-order valence-corrected chi connectivity index (χ2v) is 19.1. The summed E-state index contributed by atoms with van der Waals surface area (Å²) in [6.45, 7) is 13.4. The van der Waals surface area contributed by atoms with Gasteiger partial charge in [0.25, 0.3) is 0 Å². The van der Waals surface area contributed by atoms with Crippen molar-refractivity contribution in [1.29, 1.82) is 0 Å². The van der Waals surface area contributed by atoms with Crippen molar-refractivity contribution in [2.75, 3.05) is 6.26 Å². The first-order valence-corrected chi connectivity index (χ1v) is 21.8. The van der Waals surface area contributed by atoms with Crippen LogP contribution in [-0.4, -0.2) is 78.4 Å². The number of hydrogen-bond acceptors (Lipinski definition) is 12. The van der Waals surface area contributed by atoms with Crippen LogP contribution in [0.25, 0.3) is 10.9 Å². The third-order valence-electron chi connectivity index (χ3n) is 8.89. The van der Waals surface area contributed by atoms with E-state index in [0.29, 0.717) is 11.2 Å². The van der Waals surface area contributed by atoms with E-state index < -0.39 is 99.2 Å². The number of aromatic nitrogens is 1. The van der Waals surface area contributed by atoms with Crippen LogP contribution in [0, 0.1) is 17.8 Å². The Labute approximate surface area is 353 Å². The first-order chi connectivity index (χ1) is 27.9. The number of Topliss-reactive ketones (excluding diaryl/α,β-unsaturated/α-hetero) is 1. The first-order valence-electron chi connectivity index (χ1n) is 19.9. The molecule has 14 nitrogen and oxygen atoms in total. The van der Waals surface area contributed by atoms with Gasteiger partial charge in [0.05, 0.1) is 42.8 Å². The zero-order valence-electron chi connectivity index (χ0n) is 36.0. The summed E-state index contributed by atoms with van der Waals surface area (Å²) in [6, 6.07) is 17.5. The highest BCUT2D eigenvalue weighted by atomic mass is 32.2. The Morgan fingerprint density at radius 2 is 1.30 bits per heavy atom. The van der Waals surface area contributed by atoms with Crippen molar-refractivity contribution in [3.05, 3.63) is 89.5 Å². The largest absolute Gasteiger partial charge is 0.461 e. The van der Waals surface area contributed by atoms with Gasteiger partial charge < -0.3 is 24.8 Å². The molecule has 0 aliphatic carbocycles. The van der Waals surface area contributed by atoms with Crippen molar-refractivity contribution in [1.82, 2.24) is 15.6 Å². The monoisotopic (exact) mass is 849 g/mol. The number of carbonyl (C=O) groups excluding carboxylic acids is 6. The summed E-state index contributed by atoms with van der Waals surface area (Å²) in [7, 11) is -3.64. The molecule has 15 heteroatoms. The van der Waals surface area contributed by atoms with Gasteiger partial charge in [-0.2, -0.15) is 0 Å². The van der Waals surface area contributed by atoms with E-state index in [4.69, 9.17) is 19.2 Å². The molecule has 2 N–H and O–H groups in total. The molecule has 0 radical (unpaired) electrons. The summed E-state index contributed by atoms with van der Waals surface area (Å²) in [5.74, 6) is -6.87. The summed E-state index contributed by atoms with van der Waals surface area (Å²) >= 11 is 0. The van der Waals surface area contributed by atoms with Gasteiger partial charge in [-0.05, 0) is 65.2 Å². The summed E-state index contributed by atoms with van der Waals surface area (Å²) in [4.78, 5) is 86.0. The SMILES string of the molecule is CC(C)[C@H](CC(=O)[C@H](Cc1ccc2ccccc2n1)NC(=O)[C@@H](CC(=O)OCc1ccccc1)CC(=O)OC(C)(C)C)C(=O)N[C@H](/C=C/S(C)(=O)=O)CC(=O)OC(C)(C)C. The molecule has 1 heterocycles. The van der Waals surface area contributed by atoms with Crippen LogP contribution < -0.4 is 10.6 Å². The van der Waals surface area contributed by atoms with Crippen LogP contribution in [-0.2, 0) is 65.8 Å². The number of fused-ring (bicyclic) bond motifs is 1. The molecule has 3 rings (SSSR count). The Balaban J connectivity index is 1.94. The molecule has 0 bridgehead atoms. The van der Waals surface area contributed by atoms with E-state index in [1.807, 2.05) is 30.3 Å². The number of amides is 2. The van der Waals surface area contributed by atoms with Gasteiger partial charge >= 0.3 is 17.9 Å². The predicted octanol–water partition coefficient (Wildman–Crippen LogP) is 5.75. The van der Waals surface area contributed by atoms with Gasteiger partial charge in [-0.1, -0.05) is 74.5 Å². The lowest BCUT2D eigenvalue weighted by Crippen LogP contribution is -2.48. The lowest BCUT2D eigenvalue weighted by atomic mass is 9.86. The smallest absolute Gasteiger partial charge is 0.308 e. The van der Waals surface area contributed by atoms with Gasteiger partial charge in [0.2, 0.25) is 11.8 Å². The molecule has 3 aromatic rings. The molecule has 326 valence electrons. The number of ketones is 1. The molecular formula is C45H59N3O11S. The van der Waals surface area contributed by atoms with Crippen LogP contribution >= 0.6 is 0 Å². The number of pyridine rings is 1. The fourth-order valence-corrected chi connectivity index (χ4v) is 6.53. The summed E-state index contributed by atoms with van der Waals surface area (Å²) in [5.41, 5.74) is 0.0953. The topological polar surface area (TPSA) is 201 Å². The van der Waals surface area contributed by atoms with E-state index in [2.05, 4.69) is 10.6 Å². The average molecular weight is 850 g/mol. The van der Waals surface area contributed by atoms with Gasteiger partial charge in [0, 0.05) is 41.5 Å². The Kier molecular flexibility index (Phi) is 17.7. The van der Waals surface area contributed by atoms with Crippen LogP contribution in [0.5, 0.6) is 0 Å². The van der Waals surface area contributed by atoms with Crippen LogP contribution in [0.4, 0.5) is 0 Å². The third kappa shape index (κ3) is 18.2. The van der Waals surface area contributed by atoms with Crippen molar-refractivity contribution in [2.45, 2.75) is 117 Å². The quantitative estimate of drug-likeness (QED) is 0.103. The van der Waals surface area contributed by atoms with E-state index in [9.17, 15) is 37.2 Å². The van der Waals surface area contributed by atoms with E-state index in [1.165, 1.54) is 6.08 Å². The lowest BCUT2D eigenvalue weighted by Gasteiger charge is -2.27. The molecule has 0 aliphatic heterocycles. The third-order valence-corrected chi connectivity index (χ3v) is 9.54. The van der Waals surface area contributed by atoms with E-state index in [-0.39, 0.29) is 25.9 Å². The number of nitrogens with one attached hydrogen (secondary N) is 2. The van der Waals surface area contributed by atoms with Gasteiger partial charge in [0.1, 0.15) is 17.8 Å². The number of para-hydroxylation sites is 1. The molecule has 0 fully saturated rings. The molecule has 2 aromatic carbocycles. The molecule has 1 aromatic heterocycles. The van der Waals surface area contributed by atoms with E-state index >= 15 is 0 Å². The normalized spacial score (nSPS) is 14.2. The van der Waals surface area contributed by atoms with Gasteiger partial charge in [-0.25, -0.2) is 8.42 Å². The molecule has 0 spiro atoms. The van der Waals surface area contributed by atoms with Gasteiger partial charge in [0.15, 0.2) is 15.6 Å². The molecule has 0 unspecified atom stereocenters. The number of esters is 3. The zero-order chi connectivity index (χ0) is 44.8. The highest BCUT2D eigenvalue weighted by molar-refractivity contribution is 7.93. The fourth-order valence-electron chi connectivity index (χ4n) is 6.05. The molecule has 4 atom stereocenters. The highest BCUT2D eigenvalue weighted by Crippen LogP contribution is 2.22. The number of nitrogens with zero attached hydrogens (tertiary/aromatic N) is 1. The Morgan fingerprint density at radius 3 is 1.90 bits per heavy atom. The standard InChI is InChI=1S/C45H59N3O11S/c1-29(2)35(43(54)47-34(21-22-60(9,55)56)26-41(52)59-45(6,7)8)27-38(49)37(25-33-20-19-31-17-13-14-18-36(31)46-33)48-42(53)32(24-40(51)58-44(3,4)5)23-39(50)57-28-30-15-11-10-12-16-30/h10-22,29,32,34-35,37H,23-28H2,1-9H3,(H,47,54)(H,48,53)/b22-21+/t32-,34+,35-,37-/m0/s1. The minimum absolute atomic E-state index is 0.0590. The molecule has 0 saturated carbocycles. The molecule has 60 heavy (non-hydrogen) atoms. The number of ether oxygens (including phenoxy) is 3.